The lowest BCUT2D eigenvalue weighted by atomic mass is 10.1. The van der Waals surface area contributed by atoms with E-state index in [4.69, 9.17) is 15.9 Å². The van der Waals surface area contributed by atoms with Gasteiger partial charge in [-0.05, 0) is 49.1 Å². The highest BCUT2D eigenvalue weighted by Gasteiger charge is 2.18. The van der Waals surface area contributed by atoms with Crippen molar-refractivity contribution in [2.24, 2.45) is 5.73 Å². The quantitative estimate of drug-likeness (QED) is 0.408. The lowest BCUT2D eigenvalue weighted by molar-refractivity contribution is 0.0843. The van der Waals surface area contributed by atoms with Crippen LogP contribution in [-0.2, 0) is 6.42 Å². The molecule has 0 aliphatic carbocycles. The number of guanidine groups is 1. The number of nitrogens with zero attached hydrogens (tertiary/aromatic N) is 1. The minimum atomic E-state index is -0.259. The molecule has 2 rings (SSSR count). The van der Waals surface area contributed by atoms with Crippen LogP contribution in [0.2, 0.25) is 0 Å². The maximum Gasteiger partial charge on any atom is 0.260 e. The van der Waals surface area contributed by atoms with Gasteiger partial charge in [0.05, 0.1) is 6.61 Å². The molecule has 0 bridgehead atoms. The SMILES string of the molecule is CCCCOc1ccc(C(=O)N(CCCc2ccccc2)C(=N)N)cc1. The molecule has 0 fully saturated rings. The average Bonchev–Trinajstić information content (AvgIpc) is 2.66. The zero-order valence-corrected chi connectivity index (χ0v) is 15.3. The van der Waals surface area contributed by atoms with Crippen LogP contribution < -0.4 is 10.5 Å². The highest BCUT2D eigenvalue weighted by atomic mass is 16.5. The van der Waals surface area contributed by atoms with Gasteiger partial charge >= 0.3 is 0 Å². The molecule has 0 spiro atoms. The Kier molecular flexibility index (Phi) is 7.68. The van der Waals surface area contributed by atoms with Crippen molar-refractivity contribution in [2.75, 3.05) is 13.2 Å². The Balaban J connectivity index is 1.93. The monoisotopic (exact) mass is 353 g/mol. The van der Waals surface area contributed by atoms with E-state index >= 15 is 0 Å². The van der Waals surface area contributed by atoms with Crippen LogP contribution in [0, 0.1) is 5.41 Å². The Morgan fingerprint density at radius 2 is 1.77 bits per heavy atom. The first kappa shape index (κ1) is 19.5. The van der Waals surface area contributed by atoms with E-state index in [2.05, 4.69) is 19.1 Å². The molecule has 0 atom stereocenters. The summed E-state index contributed by atoms with van der Waals surface area (Å²) >= 11 is 0. The minimum Gasteiger partial charge on any atom is -0.494 e. The van der Waals surface area contributed by atoms with Crippen LogP contribution in [0.15, 0.2) is 54.6 Å². The molecule has 5 nitrogen and oxygen atoms in total. The number of nitrogens with one attached hydrogen (secondary N) is 1. The van der Waals surface area contributed by atoms with Crippen LogP contribution in [0.25, 0.3) is 0 Å². The van der Waals surface area contributed by atoms with E-state index in [-0.39, 0.29) is 11.9 Å². The summed E-state index contributed by atoms with van der Waals surface area (Å²) in [6.45, 7) is 3.19. The van der Waals surface area contributed by atoms with Gasteiger partial charge < -0.3 is 10.5 Å². The minimum absolute atomic E-state index is 0.230. The first-order chi connectivity index (χ1) is 12.6. The summed E-state index contributed by atoms with van der Waals surface area (Å²) in [5.41, 5.74) is 7.34. The molecule has 0 heterocycles. The number of carbonyl (C=O) groups is 1. The summed E-state index contributed by atoms with van der Waals surface area (Å²) in [7, 11) is 0. The molecule has 2 aromatic carbocycles. The number of rotatable bonds is 9. The van der Waals surface area contributed by atoms with Crippen LogP contribution in [0.1, 0.15) is 42.1 Å². The Hall–Kier alpha value is -2.82. The van der Waals surface area contributed by atoms with Crippen molar-refractivity contribution >= 4 is 11.9 Å². The van der Waals surface area contributed by atoms with Gasteiger partial charge in [0.25, 0.3) is 5.91 Å². The molecular weight excluding hydrogens is 326 g/mol. The summed E-state index contributed by atoms with van der Waals surface area (Å²) in [6.07, 6.45) is 3.66. The Labute approximate surface area is 155 Å². The van der Waals surface area contributed by atoms with Gasteiger partial charge in [-0.15, -0.1) is 0 Å². The normalized spacial score (nSPS) is 10.3. The standard InChI is InChI=1S/C21H27N3O2/c1-2-3-16-26-19-13-11-18(12-14-19)20(25)24(21(22)23)15-7-10-17-8-5-4-6-9-17/h4-6,8-9,11-14H,2-3,7,10,15-16H2,1H3,(H3,22,23). The van der Waals surface area contributed by atoms with E-state index in [9.17, 15) is 4.79 Å². The Morgan fingerprint density at radius 1 is 1.08 bits per heavy atom. The molecule has 0 unspecified atom stereocenters. The third kappa shape index (κ3) is 5.92. The predicted octanol–water partition coefficient (Wildman–Crippen LogP) is 3.83. The number of unbranched alkanes of at least 4 members (excludes halogenated alkanes) is 1. The van der Waals surface area contributed by atoms with Crippen molar-refractivity contribution in [2.45, 2.75) is 32.6 Å². The summed E-state index contributed by atoms with van der Waals surface area (Å²) in [6, 6.07) is 17.1. The second kappa shape index (κ2) is 10.2. The lowest BCUT2D eigenvalue weighted by Gasteiger charge is -2.21. The van der Waals surface area contributed by atoms with E-state index in [1.165, 1.54) is 10.5 Å². The number of carbonyl (C=O) groups excluding carboxylic acids is 1. The van der Waals surface area contributed by atoms with E-state index in [0.29, 0.717) is 18.7 Å². The number of ether oxygens (including phenoxy) is 1. The highest BCUT2D eigenvalue weighted by molar-refractivity contribution is 6.04. The largest absolute Gasteiger partial charge is 0.494 e. The van der Waals surface area contributed by atoms with Crippen molar-refractivity contribution < 1.29 is 9.53 Å². The van der Waals surface area contributed by atoms with Crippen molar-refractivity contribution in [1.82, 2.24) is 4.90 Å². The molecule has 0 radical (unpaired) electrons. The smallest absolute Gasteiger partial charge is 0.260 e. The van der Waals surface area contributed by atoms with Gasteiger partial charge in [0.1, 0.15) is 5.75 Å². The van der Waals surface area contributed by atoms with Crippen LogP contribution in [0.3, 0.4) is 0 Å². The number of benzene rings is 2. The molecular formula is C21H27N3O2. The number of nitrogens with two attached hydrogens (primary N) is 1. The summed E-state index contributed by atoms with van der Waals surface area (Å²) < 4.78 is 5.61. The molecule has 0 aliphatic heterocycles. The highest BCUT2D eigenvalue weighted by Crippen LogP contribution is 2.15. The van der Waals surface area contributed by atoms with Crippen LogP contribution in [-0.4, -0.2) is 29.9 Å². The number of hydrogen-bond acceptors (Lipinski definition) is 3. The third-order valence-electron chi connectivity index (χ3n) is 4.09. The Bertz CT molecular complexity index is 699. The van der Waals surface area contributed by atoms with Crippen molar-refractivity contribution in [3.05, 3.63) is 65.7 Å². The van der Waals surface area contributed by atoms with Gasteiger partial charge in [0.2, 0.25) is 0 Å². The molecule has 0 aliphatic rings. The number of hydrogen-bond donors (Lipinski definition) is 2. The molecule has 1 amide bonds. The Morgan fingerprint density at radius 3 is 2.38 bits per heavy atom. The molecule has 3 N–H and O–H groups in total. The van der Waals surface area contributed by atoms with E-state index in [1.807, 2.05) is 18.2 Å². The molecule has 2 aromatic rings. The van der Waals surface area contributed by atoms with Crippen LogP contribution >= 0.6 is 0 Å². The molecule has 138 valence electrons. The second-order valence-electron chi connectivity index (χ2n) is 6.16. The van der Waals surface area contributed by atoms with Gasteiger partial charge in [-0.2, -0.15) is 0 Å². The molecule has 5 heteroatoms. The van der Waals surface area contributed by atoms with Crippen molar-refractivity contribution in [3.8, 4) is 5.75 Å². The first-order valence-electron chi connectivity index (χ1n) is 9.04. The molecule has 0 aromatic heterocycles. The molecule has 0 saturated heterocycles. The maximum atomic E-state index is 12.7. The fourth-order valence-electron chi connectivity index (χ4n) is 2.60. The molecule has 0 saturated carbocycles. The van der Waals surface area contributed by atoms with Gasteiger partial charge in [-0.1, -0.05) is 43.7 Å². The fourth-order valence-corrected chi connectivity index (χ4v) is 2.60. The van der Waals surface area contributed by atoms with Gasteiger partial charge in [0, 0.05) is 12.1 Å². The van der Waals surface area contributed by atoms with Gasteiger partial charge in [-0.25, -0.2) is 0 Å². The summed E-state index contributed by atoms with van der Waals surface area (Å²) in [5, 5.41) is 7.73. The van der Waals surface area contributed by atoms with Crippen molar-refractivity contribution in [1.29, 1.82) is 5.41 Å². The second-order valence-corrected chi connectivity index (χ2v) is 6.16. The average molecular weight is 353 g/mol. The molecule has 26 heavy (non-hydrogen) atoms. The summed E-state index contributed by atoms with van der Waals surface area (Å²) in [4.78, 5) is 14.0. The number of amides is 1. The number of aryl methyl sites for hydroxylation is 1. The third-order valence-corrected chi connectivity index (χ3v) is 4.09. The van der Waals surface area contributed by atoms with E-state index in [1.54, 1.807) is 24.3 Å². The van der Waals surface area contributed by atoms with Crippen LogP contribution in [0.5, 0.6) is 5.75 Å². The van der Waals surface area contributed by atoms with E-state index in [0.717, 1.165) is 31.4 Å². The first-order valence-corrected chi connectivity index (χ1v) is 9.04. The van der Waals surface area contributed by atoms with Gasteiger partial charge in [0.15, 0.2) is 5.96 Å². The predicted molar refractivity (Wildman–Crippen MR) is 105 cm³/mol. The maximum absolute atomic E-state index is 12.7. The van der Waals surface area contributed by atoms with E-state index < -0.39 is 0 Å². The fraction of sp³-hybridized carbons (Fsp3) is 0.333. The zero-order valence-electron chi connectivity index (χ0n) is 15.3. The van der Waals surface area contributed by atoms with Crippen molar-refractivity contribution in [3.63, 3.8) is 0 Å². The van der Waals surface area contributed by atoms with Gasteiger partial charge in [-0.3, -0.25) is 15.1 Å². The lowest BCUT2D eigenvalue weighted by Crippen LogP contribution is -2.42. The topological polar surface area (TPSA) is 79.4 Å². The zero-order chi connectivity index (χ0) is 18.8. The summed E-state index contributed by atoms with van der Waals surface area (Å²) in [5.74, 6) is 0.255. The van der Waals surface area contributed by atoms with Crippen LogP contribution in [0.4, 0.5) is 0 Å².